The molecule has 8 nitrogen and oxygen atoms in total. The smallest absolute Gasteiger partial charge is 0.181 e. The number of pyridine rings is 4. The third kappa shape index (κ3) is 8.64. The zero-order valence-corrected chi connectivity index (χ0v) is 36.3. The van der Waals surface area contributed by atoms with E-state index in [0.717, 1.165) is 66.8 Å². The molecule has 0 saturated carbocycles. The number of aliphatic imine (C=N–C) groups is 2. The first-order valence-corrected chi connectivity index (χ1v) is 21.2. The van der Waals surface area contributed by atoms with E-state index in [-0.39, 0.29) is 0 Å². The number of aromatic amines is 2. The van der Waals surface area contributed by atoms with Crippen LogP contribution in [0, 0.1) is 0 Å². The molecule has 8 bridgehead atoms. The first-order chi connectivity index (χ1) is 28.5. The molecule has 0 aliphatic carbocycles. The third-order valence-corrected chi connectivity index (χ3v) is 10.5. The summed E-state index contributed by atoms with van der Waals surface area (Å²) in [6.07, 6.45) is 27.9. The number of nitrogens with zero attached hydrogens (tertiary/aromatic N) is 6. The summed E-state index contributed by atoms with van der Waals surface area (Å²) >= 11 is 34.1. The van der Waals surface area contributed by atoms with Crippen molar-refractivity contribution in [3.8, 4) is 0 Å². The van der Waals surface area contributed by atoms with Crippen molar-refractivity contribution in [2.24, 2.45) is 9.98 Å². The van der Waals surface area contributed by atoms with Crippen molar-refractivity contribution >= 4 is 97.7 Å². The van der Waals surface area contributed by atoms with Crippen molar-refractivity contribution < 1.29 is 0 Å². The Bertz CT molecular complexity index is 2570. The third-order valence-electron chi connectivity index (χ3n) is 9.17. The molecule has 14 heteroatoms. The fourth-order valence-electron chi connectivity index (χ4n) is 6.85. The van der Waals surface area contributed by atoms with Gasteiger partial charge in [0.25, 0.3) is 0 Å². The Morgan fingerprint density at radius 1 is 0.466 bits per heavy atom. The van der Waals surface area contributed by atoms with Crippen molar-refractivity contribution in [1.82, 2.24) is 29.9 Å². The Morgan fingerprint density at radius 2 is 0.931 bits per heavy atom. The molecular weight excluding hydrogens is 853 g/mol. The Hall–Kier alpha value is -4.80. The van der Waals surface area contributed by atoms with Crippen molar-refractivity contribution in [2.45, 2.75) is 9.87 Å². The number of alkyl halides is 6. The highest BCUT2D eigenvalue weighted by Crippen LogP contribution is 2.53. The minimum absolute atomic E-state index is 0.659. The summed E-state index contributed by atoms with van der Waals surface area (Å²) in [6.45, 7) is 0. The summed E-state index contributed by atoms with van der Waals surface area (Å²) < 4.78 is 0. The van der Waals surface area contributed by atoms with E-state index in [1.54, 1.807) is 49.6 Å². The lowest BCUT2D eigenvalue weighted by Gasteiger charge is -2.36. The Morgan fingerprint density at radius 3 is 1.45 bits per heavy atom. The van der Waals surface area contributed by atoms with Crippen LogP contribution < -0.4 is 10.7 Å². The largest absolute Gasteiger partial charge is 0.356 e. The van der Waals surface area contributed by atoms with Gasteiger partial charge in [0.2, 0.25) is 0 Å². The monoisotopic (exact) mass is 888 g/mol. The first-order valence-electron chi connectivity index (χ1n) is 17.5. The molecule has 2 N–H and O–H groups in total. The minimum atomic E-state index is -1.44. The lowest BCUT2D eigenvalue weighted by molar-refractivity contribution is 0.569. The molecule has 9 heterocycles. The van der Waals surface area contributed by atoms with E-state index in [9.17, 15) is 0 Å². The molecule has 0 fully saturated rings. The van der Waals surface area contributed by atoms with Gasteiger partial charge in [0.05, 0.1) is 17.1 Å². The van der Waals surface area contributed by atoms with Crippen LogP contribution in [0.4, 0.5) is 0 Å². The van der Waals surface area contributed by atoms with Gasteiger partial charge in [-0.3, -0.25) is 24.9 Å². The number of H-pyrrole nitrogens is 2. The van der Waals surface area contributed by atoms with Gasteiger partial charge >= 0.3 is 0 Å². The molecule has 0 radical (unpaired) electrons. The second-order valence-corrected chi connectivity index (χ2v) is 13.2. The number of hydrogen-bond donors (Lipinski definition) is 2. The molecule has 296 valence electrons. The van der Waals surface area contributed by atoms with Gasteiger partial charge in [0.1, 0.15) is 0 Å². The van der Waals surface area contributed by atoms with Crippen molar-refractivity contribution in [1.29, 1.82) is 0 Å². The lowest BCUT2D eigenvalue weighted by atomic mass is 9.88. The summed E-state index contributed by atoms with van der Waals surface area (Å²) in [5.74, 6) is 0. The first kappa shape index (κ1) is 44.3. The topological polar surface area (TPSA) is 108 Å². The highest BCUT2D eigenvalue weighted by Gasteiger charge is 2.53. The highest BCUT2D eigenvalue weighted by atomic mass is 35.5. The average Bonchev–Trinajstić information content (AvgIpc) is 4.15. The number of halogens is 6. The standard InChI is InChI=1S/C40H26Cl2N8.4CH3Cl/c41-39-16-7-34(50-39)38(27-12-21-45-22-13-27)32-4-3-30(48-32)36(25-8-17-43-18-9-25)29-1-2-31(47-29)37(26-10-19-44-20-11-26)33-5-6-35(49-33)40(39,42)28-14-23-46-24-15-28;4*1-2/h1-24,48-49H;4*1H3. The zero-order chi connectivity index (χ0) is 41.7. The summed E-state index contributed by atoms with van der Waals surface area (Å²) in [7, 11) is 0. The van der Waals surface area contributed by atoms with E-state index in [4.69, 9.17) is 33.2 Å². The molecule has 0 aromatic carbocycles. The summed E-state index contributed by atoms with van der Waals surface area (Å²) in [5, 5.41) is 1.72. The van der Waals surface area contributed by atoms with Crippen LogP contribution in [-0.4, -0.2) is 71.9 Å². The van der Waals surface area contributed by atoms with Gasteiger partial charge in [-0.1, -0.05) is 11.6 Å². The number of rotatable bonds is 4. The van der Waals surface area contributed by atoms with E-state index < -0.39 is 9.87 Å². The summed E-state index contributed by atoms with van der Waals surface area (Å²) in [5.41, 5.74) is 9.94. The van der Waals surface area contributed by atoms with Crippen LogP contribution in [0.25, 0.3) is 16.7 Å². The highest BCUT2D eigenvalue weighted by molar-refractivity contribution is 6.40. The number of allylic oxidation sites excluding steroid dienone is 3. The molecule has 2 atom stereocenters. The fraction of sp³-hybridized carbons (Fsp3) is 0.136. The SMILES string of the molecule is CCl.CCl.CCl.CCl.ClC12C=CC(=N1)C(c1ccncc1)=c1ccc([nH]1)=C(c1ccncc1)C1=NC(=C(c3ccncc3)c3ccc([nH]3)C2(Cl)c2ccncc2)C=C1. The van der Waals surface area contributed by atoms with Gasteiger partial charge < -0.3 is 9.97 Å². The fourth-order valence-corrected chi connectivity index (χ4v) is 7.55. The molecule has 58 heavy (non-hydrogen) atoms. The molecular formula is C44H38Cl6N8. The van der Waals surface area contributed by atoms with Gasteiger partial charge in [0.15, 0.2) is 9.87 Å². The molecule has 6 aromatic rings. The molecule has 0 saturated heterocycles. The molecule has 9 rings (SSSR count). The van der Waals surface area contributed by atoms with Crippen LogP contribution >= 0.6 is 69.6 Å². The number of aromatic nitrogens is 6. The summed E-state index contributed by atoms with van der Waals surface area (Å²) in [6, 6.07) is 23.7. The van der Waals surface area contributed by atoms with E-state index in [1.807, 2.05) is 85.0 Å². The predicted molar refractivity (Wildman–Crippen MR) is 244 cm³/mol. The van der Waals surface area contributed by atoms with Crippen molar-refractivity contribution in [3.05, 3.63) is 197 Å². The number of fused-ring (bicyclic) bond motifs is 6. The Kier molecular flexibility index (Phi) is 15.9. The van der Waals surface area contributed by atoms with Crippen LogP contribution in [0.5, 0.6) is 0 Å². The van der Waals surface area contributed by atoms with E-state index >= 15 is 0 Å². The quantitative estimate of drug-likeness (QED) is 0.136. The minimum Gasteiger partial charge on any atom is -0.356 e. The predicted octanol–water partition coefficient (Wildman–Crippen LogP) is 9.65. The molecule has 6 aromatic heterocycles. The lowest BCUT2D eigenvalue weighted by Crippen LogP contribution is -2.41. The average molecular weight is 892 g/mol. The molecule has 0 spiro atoms. The van der Waals surface area contributed by atoms with Gasteiger partial charge in [-0.25, -0.2) is 4.99 Å². The van der Waals surface area contributed by atoms with Crippen LogP contribution in [0.2, 0.25) is 0 Å². The molecule has 2 unspecified atom stereocenters. The second kappa shape index (κ2) is 20.8. The van der Waals surface area contributed by atoms with Gasteiger partial charge in [-0.15, -0.1) is 58.0 Å². The Labute approximate surface area is 367 Å². The zero-order valence-electron chi connectivity index (χ0n) is 31.8. The second-order valence-electron chi connectivity index (χ2n) is 12.0. The normalized spacial score (nSPS) is 18.6. The van der Waals surface area contributed by atoms with Crippen LogP contribution in [0.3, 0.4) is 0 Å². The van der Waals surface area contributed by atoms with Crippen molar-refractivity contribution in [2.75, 3.05) is 25.5 Å². The van der Waals surface area contributed by atoms with Crippen molar-refractivity contribution in [3.63, 3.8) is 0 Å². The van der Waals surface area contributed by atoms with E-state index in [2.05, 4.69) is 88.4 Å². The van der Waals surface area contributed by atoms with E-state index in [1.165, 1.54) is 25.5 Å². The van der Waals surface area contributed by atoms with Gasteiger partial charge in [0, 0.05) is 114 Å². The number of nitrogens with one attached hydrogen (secondary N) is 2. The molecule has 0 amide bonds. The number of hydrogen-bond acceptors (Lipinski definition) is 6. The summed E-state index contributed by atoms with van der Waals surface area (Å²) in [4.78, 5) is 32.2. The van der Waals surface area contributed by atoms with Crippen LogP contribution in [0.15, 0.2) is 162 Å². The van der Waals surface area contributed by atoms with Gasteiger partial charge in [-0.2, -0.15) is 0 Å². The van der Waals surface area contributed by atoms with Crippen LogP contribution in [0.1, 0.15) is 33.6 Å². The van der Waals surface area contributed by atoms with Gasteiger partial charge in [-0.05, 0) is 119 Å². The molecule has 3 aliphatic heterocycles. The Balaban J connectivity index is 0.000000757. The molecule has 3 aliphatic rings. The maximum absolute atomic E-state index is 7.87. The van der Waals surface area contributed by atoms with Crippen LogP contribution in [-0.2, 0) is 4.87 Å². The maximum Gasteiger partial charge on any atom is 0.181 e. The maximum atomic E-state index is 7.87. The van der Waals surface area contributed by atoms with E-state index in [0.29, 0.717) is 11.4 Å².